The lowest BCUT2D eigenvalue weighted by atomic mass is 9.93. The number of piperazine rings is 1. The molecule has 2 fully saturated rings. The number of hydrogen-bond donors (Lipinski definition) is 1. The molecule has 51 heavy (non-hydrogen) atoms. The van der Waals surface area contributed by atoms with Crippen molar-refractivity contribution in [1.29, 1.82) is 0 Å². The molecule has 1 aliphatic carbocycles. The van der Waals surface area contributed by atoms with Gasteiger partial charge in [-0.25, -0.2) is 18.4 Å². The number of nitrogens with one attached hydrogen (secondary N) is 1. The summed E-state index contributed by atoms with van der Waals surface area (Å²) in [5.41, 5.74) is 5.63. The first-order chi connectivity index (χ1) is 24.8. The van der Waals surface area contributed by atoms with Crippen LogP contribution in [0, 0.1) is 10.1 Å². The molecule has 1 N–H and O–H groups in total. The van der Waals surface area contributed by atoms with Gasteiger partial charge in [0.1, 0.15) is 12.0 Å². The fraction of sp³-hybridized carbons (Fsp3) is 0.333. The van der Waals surface area contributed by atoms with Crippen molar-refractivity contribution in [1.82, 2.24) is 14.9 Å². The molecule has 0 spiro atoms. The highest BCUT2D eigenvalue weighted by Crippen LogP contribution is 2.36. The normalized spacial score (nSPS) is 15.9. The van der Waals surface area contributed by atoms with Crippen molar-refractivity contribution in [2.24, 2.45) is 0 Å². The van der Waals surface area contributed by atoms with E-state index in [1.54, 1.807) is 6.07 Å². The molecule has 2 heterocycles. The highest BCUT2D eigenvalue weighted by Gasteiger charge is 2.29. The van der Waals surface area contributed by atoms with Crippen molar-refractivity contribution in [3.63, 3.8) is 0 Å². The lowest BCUT2D eigenvalue weighted by Gasteiger charge is -2.36. The maximum atomic E-state index is 13.6. The van der Waals surface area contributed by atoms with Crippen LogP contribution in [0.4, 0.5) is 22.9 Å². The predicted molar refractivity (Wildman–Crippen MR) is 203 cm³/mol. The minimum atomic E-state index is -4.20. The van der Waals surface area contributed by atoms with Gasteiger partial charge in [-0.15, -0.1) is 0 Å². The first-order valence-electron chi connectivity index (χ1n) is 17.7. The second kappa shape index (κ2) is 15.0. The van der Waals surface area contributed by atoms with Gasteiger partial charge in [0.15, 0.2) is 5.82 Å². The maximum Gasteiger partial charge on any atom is 0.293 e. The molecule has 1 aliphatic heterocycles. The van der Waals surface area contributed by atoms with Gasteiger partial charge in [-0.3, -0.25) is 19.7 Å². The number of nitrogens with zero attached hydrogens (tertiary/aromatic N) is 6. The minimum absolute atomic E-state index is 0.123. The third-order valence-electron chi connectivity index (χ3n) is 10.2. The number of nitro groups is 1. The van der Waals surface area contributed by atoms with Crippen molar-refractivity contribution in [3.8, 4) is 11.1 Å². The molecule has 0 atom stereocenters. The summed E-state index contributed by atoms with van der Waals surface area (Å²) in [6.07, 6.45) is 6.61. The summed E-state index contributed by atoms with van der Waals surface area (Å²) < 4.78 is 29.8. The molecule has 264 valence electrons. The van der Waals surface area contributed by atoms with Crippen LogP contribution in [0.15, 0.2) is 102 Å². The molecule has 5 aromatic rings. The number of aromatic nitrogens is 2. The van der Waals surface area contributed by atoms with E-state index in [-0.39, 0.29) is 22.4 Å². The smallest absolute Gasteiger partial charge is 0.293 e. The third kappa shape index (κ3) is 7.52. The van der Waals surface area contributed by atoms with Gasteiger partial charge < -0.3 is 9.80 Å². The highest BCUT2D eigenvalue weighted by atomic mass is 32.2. The maximum absolute atomic E-state index is 13.6. The Hall–Kier alpha value is -5.07. The molecule has 1 saturated heterocycles. The number of anilines is 3. The Morgan fingerprint density at radius 2 is 1.63 bits per heavy atom. The van der Waals surface area contributed by atoms with Gasteiger partial charge in [0.2, 0.25) is 0 Å². The topological polar surface area (TPSA) is 125 Å². The van der Waals surface area contributed by atoms with Crippen LogP contribution in [0.2, 0.25) is 0 Å². The van der Waals surface area contributed by atoms with Crippen molar-refractivity contribution in [3.05, 3.63) is 113 Å². The molecular weight excluding hydrogens is 663 g/mol. The minimum Gasteiger partial charge on any atom is -0.369 e. The number of fused-ring (bicyclic) bond motifs is 1. The average Bonchev–Trinajstić information content (AvgIpc) is 3.16. The molecule has 4 aromatic carbocycles. The molecule has 7 rings (SSSR count). The van der Waals surface area contributed by atoms with E-state index in [0.29, 0.717) is 23.1 Å². The standard InChI is InChI=1S/C39H43N7O4S/c1-2-45(31-14-7-4-8-15-31)37-20-18-33(26-38(37)46(47)48)51(49,50)42-39-35-19-17-32(25-36(35)40-28-41-39)44-23-21-43(22-24-44)27-30-13-9-10-16-34(30)29-11-5-3-6-12-29/h3,5-6,9-13,16-20,25-26,28,31H,2,4,7-8,14-15,21-24,27H2,1H3,(H,40,41,42). The van der Waals surface area contributed by atoms with Gasteiger partial charge >= 0.3 is 0 Å². The highest BCUT2D eigenvalue weighted by molar-refractivity contribution is 7.92. The van der Waals surface area contributed by atoms with Crippen molar-refractivity contribution in [2.75, 3.05) is 47.2 Å². The SMILES string of the molecule is CCN(c1ccc(S(=O)(=O)Nc2ncnc3cc(N4CCN(Cc5ccccc5-c5ccccc5)CC4)ccc23)cc1[N+](=O)[O-])C1CCCCC1. The quantitative estimate of drug-likeness (QED) is 0.110. The van der Waals surface area contributed by atoms with Crippen molar-refractivity contribution >= 4 is 43.8 Å². The Balaban J connectivity index is 1.05. The van der Waals surface area contributed by atoms with E-state index >= 15 is 0 Å². The molecule has 0 unspecified atom stereocenters. The van der Waals surface area contributed by atoms with Crippen LogP contribution in [0.3, 0.4) is 0 Å². The van der Waals surface area contributed by atoms with Crippen molar-refractivity contribution in [2.45, 2.75) is 56.5 Å². The number of sulfonamides is 1. The summed E-state index contributed by atoms with van der Waals surface area (Å²) in [6, 6.07) is 29.2. The summed E-state index contributed by atoms with van der Waals surface area (Å²) in [7, 11) is -4.20. The largest absolute Gasteiger partial charge is 0.369 e. The van der Waals surface area contributed by atoms with E-state index in [2.05, 4.69) is 73.0 Å². The molecule has 1 aromatic heterocycles. The molecule has 0 amide bonds. The van der Waals surface area contributed by atoms with Crippen LogP contribution in [-0.2, 0) is 16.6 Å². The van der Waals surface area contributed by atoms with Crippen LogP contribution in [0.1, 0.15) is 44.6 Å². The predicted octanol–water partition coefficient (Wildman–Crippen LogP) is 7.49. The molecule has 2 aliphatic rings. The Bertz CT molecular complexity index is 2120. The van der Waals surface area contributed by atoms with Crippen LogP contribution < -0.4 is 14.5 Å². The van der Waals surface area contributed by atoms with Gasteiger partial charge in [0.25, 0.3) is 15.7 Å². The zero-order valence-electron chi connectivity index (χ0n) is 28.8. The Kier molecular flexibility index (Phi) is 10.1. The van der Waals surface area contributed by atoms with Crippen LogP contribution in [0.25, 0.3) is 22.0 Å². The fourth-order valence-electron chi connectivity index (χ4n) is 7.55. The van der Waals surface area contributed by atoms with Gasteiger partial charge in [-0.05, 0) is 66.8 Å². The lowest BCUT2D eigenvalue weighted by Crippen LogP contribution is -2.46. The van der Waals surface area contributed by atoms with E-state index in [4.69, 9.17) is 0 Å². The second-order valence-corrected chi connectivity index (χ2v) is 15.0. The molecule has 12 heteroatoms. The van der Waals surface area contributed by atoms with Crippen LogP contribution >= 0.6 is 0 Å². The van der Waals surface area contributed by atoms with E-state index in [0.717, 1.165) is 70.2 Å². The van der Waals surface area contributed by atoms with E-state index in [9.17, 15) is 18.5 Å². The number of benzene rings is 4. The van der Waals surface area contributed by atoms with Crippen LogP contribution in [0.5, 0.6) is 0 Å². The Morgan fingerprint density at radius 3 is 2.37 bits per heavy atom. The second-order valence-electron chi connectivity index (χ2n) is 13.3. The van der Waals surface area contributed by atoms with Gasteiger partial charge in [-0.2, -0.15) is 0 Å². The Morgan fingerprint density at radius 1 is 0.882 bits per heavy atom. The van der Waals surface area contributed by atoms with E-state index < -0.39 is 14.9 Å². The summed E-state index contributed by atoms with van der Waals surface area (Å²) in [6.45, 7) is 6.93. The summed E-state index contributed by atoms with van der Waals surface area (Å²) in [5, 5.41) is 12.7. The van der Waals surface area contributed by atoms with Crippen LogP contribution in [-0.4, -0.2) is 67.0 Å². The zero-order chi connectivity index (χ0) is 35.4. The summed E-state index contributed by atoms with van der Waals surface area (Å²) >= 11 is 0. The lowest BCUT2D eigenvalue weighted by molar-refractivity contribution is -0.384. The van der Waals surface area contributed by atoms with Gasteiger partial charge in [-0.1, -0.05) is 73.9 Å². The third-order valence-corrected chi connectivity index (χ3v) is 11.5. The first-order valence-corrected chi connectivity index (χ1v) is 19.2. The van der Waals surface area contributed by atoms with Gasteiger partial charge in [0.05, 0.1) is 15.3 Å². The van der Waals surface area contributed by atoms with E-state index in [1.807, 2.05) is 36.1 Å². The average molecular weight is 706 g/mol. The van der Waals surface area contributed by atoms with Gasteiger partial charge in [0, 0.05) is 62.5 Å². The Labute approximate surface area is 299 Å². The number of hydrogen-bond acceptors (Lipinski definition) is 9. The fourth-order valence-corrected chi connectivity index (χ4v) is 8.60. The zero-order valence-corrected chi connectivity index (χ0v) is 29.6. The first kappa shape index (κ1) is 34.4. The molecule has 11 nitrogen and oxygen atoms in total. The summed E-state index contributed by atoms with van der Waals surface area (Å²) in [5.74, 6) is 0.123. The van der Waals surface area contributed by atoms with E-state index in [1.165, 1.54) is 35.5 Å². The molecular formula is C39H43N7O4S. The molecule has 0 radical (unpaired) electrons. The molecule has 1 saturated carbocycles. The van der Waals surface area contributed by atoms with Crippen molar-refractivity contribution < 1.29 is 13.3 Å². The number of nitro benzene ring substituents is 1. The monoisotopic (exact) mass is 705 g/mol. The number of rotatable bonds is 11. The molecule has 0 bridgehead atoms. The summed E-state index contributed by atoms with van der Waals surface area (Å²) in [4.78, 5) is 27.1.